The van der Waals surface area contributed by atoms with Crippen LogP contribution in [0.4, 0.5) is 0 Å². The largest absolute Gasteiger partial charge is 0.348 e. The molecule has 0 aliphatic heterocycles. The molecule has 0 aliphatic rings. The van der Waals surface area contributed by atoms with Crippen molar-refractivity contribution in [2.45, 2.75) is 52.1 Å². The predicted octanol–water partition coefficient (Wildman–Crippen LogP) is 2.98. The first kappa shape index (κ1) is 17.9. The molecule has 3 N–H and O–H groups in total. The highest BCUT2D eigenvalue weighted by Crippen LogP contribution is 2.14. The average molecular weight is 285 g/mol. The minimum absolute atomic E-state index is 0. The van der Waals surface area contributed by atoms with Crippen molar-refractivity contribution in [1.82, 2.24) is 5.32 Å². The van der Waals surface area contributed by atoms with Gasteiger partial charge in [-0.25, -0.2) is 0 Å². The van der Waals surface area contributed by atoms with E-state index in [-0.39, 0.29) is 24.4 Å². The van der Waals surface area contributed by atoms with Gasteiger partial charge in [0.15, 0.2) is 0 Å². The lowest BCUT2D eigenvalue weighted by molar-refractivity contribution is -0.123. The molecule has 1 rings (SSSR count). The lowest BCUT2D eigenvalue weighted by Crippen LogP contribution is -2.41. The van der Waals surface area contributed by atoms with Crippen molar-refractivity contribution in [1.29, 1.82) is 0 Å². The molecule has 1 aromatic rings. The topological polar surface area (TPSA) is 55.1 Å². The van der Waals surface area contributed by atoms with Crippen molar-refractivity contribution in [2.24, 2.45) is 5.73 Å². The van der Waals surface area contributed by atoms with Crippen molar-refractivity contribution < 1.29 is 4.79 Å². The van der Waals surface area contributed by atoms with Crippen LogP contribution in [0, 0.1) is 0 Å². The van der Waals surface area contributed by atoms with Gasteiger partial charge in [-0.15, -0.1) is 12.4 Å². The molecule has 0 saturated heterocycles. The number of hydrogen-bond donors (Lipinski definition) is 2. The van der Waals surface area contributed by atoms with Gasteiger partial charge in [0.25, 0.3) is 0 Å². The first-order valence-electron chi connectivity index (χ1n) is 6.73. The fourth-order valence-corrected chi connectivity index (χ4v) is 1.89. The highest BCUT2D eigenvalue weighted by atomic mass is 35.5. The molecule has 0 spiro atoms. The number of amides is 1. The monoisotopic (exact) mass is 284 g/mol. The minimum atomic E-state index is -0.396. The molecule has 3 nitrogen and oxygen atoms in total. The van der Waals surface area contributed by atoms with Crippen molar-refractivity contribution in [3.8, 4) is 0 Å². The molecule has 0 heterocycles. The van der Waals surface area contributed by atoms with Gasteiger partial charge >= 0.3 is 0 Å². The molecular weight excluding hydrogens is 260 g/mol. The number of hydrogen-bond acceptors (Lipinski definition) is 2. The normalized spacial score (nSPS) is 13.3. The van der Waals surface area contributed by atoms with Gasteiger partial charge in [-0.2, -0.15) is 0 Å². The van der Waals surface area contributed by atoms with Gasteiger partial charge in [0.05, 0.1) is 12.1 Å². The second-order valence-corrected chi connectivity index (χ2v) is 4.72. The van der Waals surface area contributed by atoms with Crippen LogP contribution in [0.2, 0.25) is 0 Å². The zero-order chi connectivity index (χ0) is 13.5. The summed E-state index contributed by atoms with van der Waals surface area (Å²) in [7, 11) is 0. The third kappa shape index (κ3) is 5.62. The van der Waals surface area contributed by atoms with Crippen molar-refractivity contribution >= 4 is 18.3 Å². The van der Waals surface area contributed by atoms with E-state index in [1.54, 1.807) is 0 Å². The molecule has 108 valence electrons. The summed E-state index contributed by atoms with van der Waals surface area (Å²) in [5.41, 5.74) is 8.21. The van der Waals surface area contributed by atoms with Gasteiger partial charge in [0.2, 0.25) is 5.91 Å². The molecule has 0 radical (unpaired) electrons. The zero-order valence-electron chi connectivity index (χ0n) is 12.0. The third-order valence-corrected chi connectivity index (χ3v) is 3.18. The predicted molar refractivity (Wildman–Crippen MR) is 82.5 cm³/mol. The number of benzene rings is 1. The summed E-state index contributed by atoms with van der Waals surface area (Å²) in [6.07, 6.45) is 2.68. The van der Waals surface area contributed by atoms with E-state index in [0.717, 1.165) is 24.8 Å². The Morgan fingerprint density at radius 2 is 1.84 bits per heavy atom. The summed E-state index contributed by atoms with van der Waals surface area (Å²) in [6, 6.07) is 7.94. The Morgan fingerprint density at radius 1 is 1.26 bits per heavy atom. The number of carbonyl (C=O) groups is 1. The second-order valence-electron chi connectivity index (χ2n) is 4.72. The van der Waals surface area contributed by atoms with E-state index in [9.17, 15) is 4.79 Å². The Balaban J connectivity index is 0.00000324. The molecule has 0 aromatic heterocycles. The SMILES string of the molecule is CCCC(N)C(=O)NC(C)c1ccc(CC)cc1.Cl. The standard InChI is InChI=1S/C15H24N2O.ClH/c1-4-6-14(16)15(18)17-11(3)13-9-7-12(5-2)8-10-13;/h7-11,14H,4-6,16H2,1-3H3,(H,17,18);1H. The molecule has 1 aromatic carbocycles. The van der Waals surface area contributed by atoms with E-state index in [1.165, 1.54) is 5.56 Å². The Hall–Kier alpha value is -1.06. The summed E-state index contributed by atoms with van der Waals surface area (Å²) in [4.78, 5) is 11.8. The van der Waals surface area contributed by atoms with Gasteiger partial charge in [-0.3, -0.25) is 4.79 Å². The van der Waals surface area contributed by atoms with E-state index in [0.29, 0.717) is 0 Å². The summed E-state index contributed by atoms with van der Waals surface area (Å²) < 4.78 is 0. The smallest absolute Gasteiger partial charge is 0.237 e. The average Bonchev–Trinajstić information content (AvgIpc) is 2.39. The third-order valence-electron chi connectivity index (χ3n) is 3.18. The minimum Gasteiger partial charge on any atom is -0.348 e. The van der Waals surface area contributed by atoms with Crippen LogP contribution < -0.4 is 11.1 Å². The lowest BCUT2D eigenvalue weighted by atomic mass is 10.0. The number of nitrogens with one attached hydrogen (secondary N) is 1. The highest BCUT2D eigenvalue weighted by Gasteiger charge is 2.15. The van der Waals surface area contributed by atoms with Crippen molar-refractivity contribution in [2.75, 3.05) is 0 Å². The molecule has 0 aliphatic carbocycles. The van der Waals surface area contributed by atoms with Gasteiger partial charge < -0.3 is 11.1 Å². The van der Waals surface area contributed by atoms with Gasteiger partial charge in [0, 0.05) is 0 Å². The molecule has 0 fully saturated rings. The number of carbonyl (C=O) groups excluding carboxylic acids is 1. The molecule has 4 heteroatoms. The quantitative estimate of drug-likeness (QED) is 0.844. The maximum Gasteiger partial charge on any atom is 0.237 e. The molecule has 1 amide bonds. The Bertz CT molecular complexity index is 378. The maximum absolute atomic E-state index is 11.8. The van der Waals surface area contributed by atoms with Crippen LogP contribution >= 0.6 is 12.4 Å². The van der Waals surface area contributed by atoms with Crippen molar-refractivity contribution in [3.63, 3.8) is 0 Å². The summed E-state index contributed by atoms with van der Waals surface area (Å²) in [6.45, 7) is 6.14. The van der Waals surface area contributed by atoms with Crippen LogP contribution in [0.15, 0.2) is 24.3 Å². The van der Waals surface area contributed by atoms with E-state index < -0.39 is 6.04 Å². The number of halogens is 1. The molecule has 0 bridgehead atoms. The van der Waals surface area contributed by atoms with E-state index in [1.807, 2.05) is 13.8 Å². The highest BCUT2D eigenvalue weighted by molar-refractivity contribution is 5.85. The molecule has 0 saturated carbocycles. The van der Waals surface area contributed by atoms with Gasteiger partial charge in [-0.05, 0) is 30.9 Å². The number of aryl methyl sites for hydroxylation is 1. The summed E-state index contributed by atoms with van der Waals surface area (Å²) >= 11 is 0. The molecule has 2 unspecified atom stereocenters. The van der Waals surface area contributed by atoms with E-state index in [4.69, 9.17) is 5.73 Å². The Labute approximate surface area is 122 Å². The Kier molecular flexibility index (Phi) is 8.44. The van der Waals surface area contributed by atoms with Crippen LogP contribution in [0.25, 0.3) is 0 Å². The molecule has 19 heavy (non-hydrogen) atoms. The van der Waals surface area contributed by atoms with Crippen molar-refractivity contribution in [3.05, 3.63) is 35.4 Å². The van der Waals surface area contributed by atoms with Gasteiger partial charge in [-0.1, -0.05) is 44.5 Å². The maximum atomic E-state index is 11.8. The van der Waals surface area contributed by atoms with Gasteiger partial charge in [0.1, 0.15) is 0 Å². The van der Waals surface area contributed by atoms with E-state index >= 15 is 0 Å². The fraction of sp³-hybridized carbons (Fsp3) is 0.533. The fourth-order valence-electron chi connectivity index (χ4n) is 1.89. The first-order valence-corrected chi connectivity index (χ1v) is 6.73. The van der Waals surface area contributed by atoms with E-state index in [2.05, 4.69) is 36.5 Å². The van der Waals surface area contributed by atoms with Crippen LogP contribution in [0.1, 0.15) is 50.8 Å². The second kappa shape index (κ2) is 8.94. The van der Waals surface area contributed by atoms with Crippen LogP contribution in [-0.4, -0.2) is 11.9 Å². The van der Waals surface area contributed by atoms with Crippen LogP contribution in [0.5, 0.6) is 0 Å². The molecular formula is C15H25ClN2O. The molecule has 2 atom stereocenters. The van der Waals surface area contributed by atoms with Crippen LogP contribution in [-0.2, 0) is 11.2 Å². The Morgan fingerprint density at radius 3 is 2.32 bits per heavy atom. The first-order chi connectivity index (χ1) is 8.58. The summed E-state index contributed by atoms with van der Waals surface area (Å²) in [5, 5.41) is 2.95. The number of nitrogens with two attached hydrogens (primary N) is 1. The summed E-state index contributed by atoms with van der Waals surface area (Å²) in [5.74, 6) is -0.0658. The van der Waals surface area contributed by atoms with Crippen LogP contribution in [0.3, 0.4) is 0 Å². The lowest BCUT2D eigenvalue weighted by Gasteiger charge is -2.17. The zero-order valence-corrected chi connectivity index (χ0v) is 12.8. The number of rotatable bonds is 6.